The molecule has 0 amide bonds. The molecule has 3 heteroatoms. The van der Waals surface area contributed by atoms with Gasteiger partial charge in [0.05, 0.1) is 18.5 Å². The third kappa shape index (κ3) is 1.54. The van der Waals surface area contributed by atoms with E-state index >= 15 is 0 Å². The van der Waals surface area contributed by atoms with E-state index in [1.807, 2.05) is 24.3 Å². The summed E-state index contributed by atoms with van der Waals surface area (Å²) in [7, 11) is 0. The SMILES string of the molecule is Cc1ccc2c(c1)NCC(c1ccco1)O2. The van der Waals surface area contributed by atoms with Crippen molar-refractivity contribution in [1.82, 2.24) is 0 Å². The first-order chi connectivity index (χ1) is 7.83. The molecule has 0 aliphatic carbocycles. The van der Waals surface area contributed by atoms with Gasteiger partial charge in [-0.3, -0.25) is 0 Å². The largest absolute Gasteiger partial charge is 0.478 e. The Morgan fingerprint density at radius 2 is 2.25 bits per heavy atom. The molecule has 1 atom stereocenters. The highest BCUT2D eigenvalue weighted by Crippen LogP contribution is 2.34. The Morgan fingerprint density at radius 3 is 3.06 bits per heavy atom. The van der Waals surface area contributed by atoms with Gasteiger partial charge in [-0.05, 0) is 36.8 Å². The van der Waals surface area contributed by atoms with Crippen LogP contribution in [0.15, 0.2) is 41.0 Å². The average Bonchev–Trinajstić information content (AvgIpc) is 2.82. The van der Waals surface area contributed by atoms with Crippen molar-refractivity contribution >= 4 is 5.69 Å². The van der Waals surface area contributed by atoms with Crippen LogP contribution in [-0.2, 0) is 0 Å². The molecule has 0 spiro atoms. The first kappa shape index (κ1) is 9.33. The number of benzene rings is 1. The number of anilines is 1. The van der Waals surface area contributed by atoms with Crippen LogP contribution in [-0.4, -0.2) is 6.54 Å². The van der Waals surface area contributed by atoms with E-state index in [1.165, 1.54) is 5.56 Å². The first-order valence-corrected chi connectivity index (χ1v) is 5.37. The molecule has 1 aromatic carbocycles. The van der Waals surface area contributed by atoms with Crippen LogP contribution in [0.3, 0.4) is 0 Å². The second kappa shape index (κ2) is 3.59. The number of fused-ring (bicyclic) bond motifs is 1. The lowest BCUT2D eigenvalue weighted by atomic mass is 10.1. The van der Waals surface area contributed by atoms with Crippen LogP contribution >= 0.6 is 0 Å². The number of ether oxygens (including phenoxy) is 1. The van der Waals surface area contributed by atoms with Crippen molar-refractivity contribution in [1.29, 1.82) is 0 Å². The fraction of sp³-hybridized carbons (Fsp3) is 0.231. The van der Waals surface area contributed by atoms with Crippen LogP contribution in [0.1, 0.15) is 17.4 Å². The van der Waals surface area contributed by atoms with Crippen molar-refractivity contribution in [2.45, 2.75) is 13.0 Å². The maximum absolute atomic E-state index is 5.88. The van der Waals surface area contributed by atoms with E-state index in [0.29, 0.717) is 0 Å². The maximum Gasteiger partial charge on any atom is 0.173 e. The molecular formula is C13H13NO2. The predicted octanol–water partition coefficient (Wildman–Crippen LogP) is 3.13. The van der Waals surface area contributed by atoms with Crippen LogP contribution in [0.4, 0.5) is 5.69 Å². The van der Waals surface area contributed by atoms with E-state index in [0.717, 1.165) is 23.7 Å². The molecule has 3 nitrogen and oxygen atoms in total. The number of nitrogens with one attached hydrogen (secondary N) is 1. The van der Waals surface area contributed by atoms with E-state index in [-0.39, 0.29) is 6.10 Å². The van der Waals surface area contributed by atoms with Crippen molar-refractivity contribution in [2.24, 2.45) is 0 Å². The minimum absolute atomic E-state index is 0.0368. The summed E-state index contributed by atoms with van der Waals surface area (Å²) in [6.45, 7) is 2.81. The zero-order valence-corrected chi connectivity index (χ0v) is 9.07. The summed E-state index contributed by atoms with van der Waals surface area (Å²) in [5.41, 5.74) is 2.29. The van der Waals surface area contributed by atoms with Gasteiger partial charge in [0.2, 0.25) is 0 Å². The summed E-state index contributed by atoms with van der Waals surface area (Å²) >= 11 is 0. The van der Waals surface area contributed by atoms with Crippen LogP contribution in [0.25, 0.3) is 0 Å². The number of hydrogen-bond donors (Lipinski definition) is 1. The summed E-state index contributed by atoms with van der Waals surface area (Å²) in [6.07, 6.45) is 1.63. The van der Waals surface area contributed by atoms with Gasteiger partial charge in [-0.2, -0.15) is 0 Å². The van der Waals surface area contributed by atoms with Gasteiger partial charge in [0, 0.05) is 0 Å². The minimum Gasteiger partial charge on any atom is -0.478 e. The molecule has 2 aromatic rings. The predicted molar refractivity (Wildman–Crippen MR) is 61.7 cm³/mol. The van der Waals surface area contributed by atoms with Crippen LogP contribution in [0.2, 0.25) is 0 Å². The van der Waals surface area contributed by atoms with Gasteiger partial charge in [-0.25, -0.2) is 0 Å². The molecular weight excluding hydrogens is 202 g/mol. The van der Waals surface area contributed by atoms with Crippen molar-refractivity contribution < 1.29 is 9.15 Å². The third-order valence-electron chi connectivity index (χ3n) is 2.74. The van der Waals surface area contributed by atoms with Crippen LogP contribution < -0.4 is 10.1 Å². The Hall–Kier alpha value is -1.90. The van der Waals surface area contributed by atoms with Gasteiger partial charge in [-0.1, -0.05) is 6.07 Å². The van der Waals surface area contributed by atoms with E-state index in [1.54, 1.807) is 6.26 Å². The summed E-state index contributed by atoms with van der Waals surface area (Å²) in [5, 5.41) is 3.36. The topological polar surface area (TPSA) is 34.4 Å². The van der Waals surface area contributed by atoms with E-state index < -0.39 is 0 Å². The Labute approximate surface area is 94.0 Å². The molecule has 2 heterocycles. The molecule has 1 unspecified atom stereocenters. The van der Waals surface area contributed by atoms with Gasteiger partial charge >= 0.3 is 0 Å². The molecule has 0 radical (unpaired) electrons. The fourth-order valence-corrected chi connectivity index (χ4v) is 1.92. The van der Waals surface area contributed by atoms with E-state index in [4.69, 9.17) is 9.15 Å². The summed E-state index contributed by atoms with van der Waals surface area (Å²) in [5.74, 6) is 1.75. The van der Waals surface area contributed by atoms with Gasteiger partial charge < -0.3 is 14.5 Å². The normalized spacial score (nSPS) is 18.4. The Morgan fingerprint density at radius 1 is 1.31 bits per heavy atom. The van der Waals surface area contributed by atoms with Gasteiger partial charge in [-0.15, -0.1) is 0 Å². The monoisotopic (exact) mass is 215 g/mol. The quantitative estimate of drug-likeness (QED) is 0.793. The molecule has 1 aromatic heterocycles. The Kier molecular flexibility index (Phi) is 2.10. The average molecular weight is 215 g/mol. The van der Waals surface area contributed by atoms with E-state index in [2.05, 4.69) is 18.3 Å². The van der Waals surface area contributed by atoms with Crippen molar-refractivity contribution in [3.05, 3.63) is 47.9 Å². The second-order valence-corrected chi connectivity index (χ2v) is 4.00. The maximum atomic E-state index is 5.88. The lowest BCUT2D eigenvalue weighted by Gasteiger charge is -2.26. The summed E-state index contributed by atoms with van der Waals surface area (Å²) < 4.78 is 11.2. The minimum atomic E-state index is -0.0368. The molecule has 0 saturated carbocycles. The molecule has 0 saturated heterocycles. The Balaban J connectivity index is 1.89. The van der Waals surface area contributed by atoms with Gasteiger partial charge in [0.15, 0.2) is 6.10 Å². The molecule has 3 rings (SSSR count). The number of hydrogen-bond acceptors (Lipinski definition) is 3. The molecule has 16 heavy (non-hydrogen) atoms. The highest BCUT2D eigenvalue weighted by molar-refractivity contribution is 5.59. The van der Waals surface area contributed by atoms with E-state index in [9.17, 15) is 0 Å². The highest BCUT2D eigenvalue weighted by Gasteiger charge is 2.22. The van der Waals surface area contributed by atoms with Crippen LogP contribution in [0, 0.1) is 6.92 Å². The molecule has 0 fully saturated rings. The summed E-state index contributed by atoms with van der Waals surface area (Å²) in [6, 6.07) is 9.94. The highest BCUT2D eigenvalue weighted by atomic mass is 16.5. The number of aryl methyl sites for hydroxylation is 1. The standard InChI is InChI=1S/C13H13NO2/c1-9-4-5-11-10(7-9)14-8-13(16-11)12-3-2-6-15-12/h2-7,13-14H,8H2,1H3. The van der Waals surface area contributed by atoms with Gasteiger partial charge in [0.1, 0.15) is 11.5 Å². The van der Waals surface area contributed by atoms with Crippen molar-refractivity contribution in [3.63, 3.8) is 0 Å². The number of furan rings is 1. The lowest BCUT2D eigenvalue weighted by Crippen LogP contribution is -2.23. The van der Waals surface area contributed by atoms with Crippen molar-refractivity contribution in [3.8, 4) is 5.75 Å². The molecule has 1 aliphatic rings. The smallest absolute Gasteiger partial charge is 0.173 e. The fourth-order valence-electron chi connectivity index (χ4n) is 1.92. The Bertz CT molecular complexity index is 491. The third-order valence-corrected chi connectivity index (χ3v) is 2.74. The number of rotatable bonds is 1. The van der Waals surface area contributed by atoms with Crippen molar-refractivity contribution in [2.75, 3.05) is 11.9 Å². The zero-order chi connectivity index (χ0) is 11.0. The summed E-state index contributed by atoms with van der Waals surface area (Å²) in [4.78, 5) is 0. The zero-order valence-electron chi connectivity index (χ0n) is 9.07. The molecule has 0 bridgehead atoms. The first-order valence-electron chi connectivity index (χ1n) is 5.37. The molecule has 1 aliphatic heterocycles. The molecule has 1 N–H and O–H groups in total. The lowest BCUT2D eigenvalue weighted by molar-refractivity contribution is 0.181. The second-order valence-electron chi connectivity index (χ2n) is 4.00. The van der Waals surface area contributed by atoms with Crippen LogP contribution in [0.5, 0.6) is 5.75 Å². The van der Waals surface area contributed by atoms with Gasteiger partial charge in [0.25, 0.3) is 0 Å². The molecule has 82 valence electrons.